The minimum Gasteiger partial charge on any atom is -0.309 e. The Kier molecular flexibility index (Phi) is 2.92. The Labute approximate surface area is 84.1 Å². The molecule has 0 aliphatic rings. The fourth-order valence-corrected chi connectivity index (χ4v) is 1.76. The van der Waals surface area contributed by atoms with E-state index in [9.17, 15) is 8.42 Å². The van der Waals surface area contributed by atoms with Gasteiger partial charge in [0.15, 0.2) is 9.84 Å². The molecule has 0 fully saturated rings. The number of nitrogens with zero attached hydrogens (tertiary/aromatic N) is 1. The minimum atomic E-state index is -3.17. The summed E-state index contributed by atoms with van der Waals surface area (Å²) in [6.07, 6.45) is 1.16. The summed E-state index contributed by atoms with van der Waals surface area (Å²) in [6, 6.07) is 6.22. The number of hydrogen-bond donors (Lipinski definition) is 0. The molecule has 1 aromatic carbocycles. The normalized spacial score (nSPS) is 13.2. The van der Waals surface area contributed by atoms with Crippen molar-refractivity contribution in [3.05, 3.63) is 41.2 Å². The summed E-state index contributed by atoms with van der Waals surface area (Å²) in [7, 11) is -3.17. The number of sulfone groups is 1. The van der Waals surface area contributed by atoms with Crippen LogP contribution in [0.5, 0.6) is 0 Å². The molecule has 0 saturated carbocycles. The van der Waals surface area contributed by atoms with E-state index in [1.54, 1.807) is 25.1 Å². The Balaban J connectivity index is 3.22. The van der Waals surface area contributed by atoms with Gasteiger partial charge in [0.2, 0.25) is 6.04 Å². The first-order valence-electron chi connectivity index (χ1n) is 4.11. The smallest absolute Gasteiger partial charge is 0.246 e. The zero-order valence-corrected chi connectivity index (χ0v) is 8.88. The number of benzene rings is 1. The zero-order chi connectivity index (χ0) is 10.8. The Hall–Kier alpha value is -1.34. The summed E-state index contributed by atoms with van der Waals surface area (Å²) < 4.78 is 22.4. The van der Waals surface area contributed by atoms with Gasteiger partial charge in [-0.05, 0) is 12.1 Å². The first-order valence-corrected chi connectivity index (χ1v) is 6.01. The van der Waals surface area contributed by atoms with Gasteiger partial charge >= 0.3 is 0 Å². The van der Waals surface area contributed by atoms with Gasteiger partial charge in [-0.2, -0.15) is 0 Å². The van der Waals surface area contributed by atoms with Crippen molar-refractivity contribution in [2.24, 2.45) is 0 Å². The SMILES string of the molecule is [C-]#[N+]C(C)c1cccc(S(C)(=O)=O)c1. The highest BCUT2D eigenvalue weighted by Crippen LogP contribution is 2.19. The summed E-state index contributed by atoms with van der Waals surface area (Å²) in [4.78, 5) is 3.61. The molecule has 74 valence electrons. The first kappa shape index (κ1) is 10.7. The third-order valence-electron chi connectivity index (χ3n) is 1.96. The summed E-state index contributed by atoms with van der Waals surface area (Å²) >= 11 is 0. The second-order valence-corrected chi connectivity index (χ2v) is 5.17. The van der Waals surface area contributed by atoms with Crippen molar-refractivity contribution in [3.8, 4) is 0 Å². The van der Waals surface area contributed by atoms with Crippen LogP contribution in [0.25, 0.3) is 4.85 Å². The Morgan fingerprint density at radius 3 is 2.57 bits per heavy atom. The quantitative estimate of drug-likeness (QED) is 0.699. The van der Waals surface area contributed by atoms with Crippen molar-refractivity contribution in [1.82, 2.24) is 0 Å². The molecule has 0 bridgehead atoms. The van der Waals surface area contributed by atoms with E-state index in [2.05, 4.69) is 4.85 Å². The van der Waals surface area contributed by atoms with E-state index in [0.29, 0.717) is 0 Å². The van der Waals surface area contributed by atoms with Crippen LogP contribution in [0.3, 0.4) is 0 Å². The minimum absolute atomic E-state index is 0.269. The molecule has 0 spiro atoms. The first-order chi connectivity index (χ1) is 6.45. The highest BCUT2D eigenvalue weighted by atomic mass is 32.2. The second kappa shape index (κ2) is 3.81. The molecular weight excluding hydrogens is 198 g/mol. The Morgan fingerprint density at radius 2 is 2.07 bits per heavy atom. The fraction of sp³-hybridized carbons (Fsp3) is 0.300. The maximum absolute atomic E-state index is 11.2. The van der Waals surface area contributed by atoms with Gasteiger partial charge in [0, 0.05) is 18.7 Å². The van der Waals surface area contributed by atoms with E-state index in [-0.39, 0.29) is 10.9 Å². The van der Waals surface area contributed by atoms with Crippen LogP contribution in [0.4, 0.5) is 0 Å². The van der Waals surface area contributed by atoms with Crippen LogP contribution in [-0.4, -0.2) is 14.7 Å². The summed E-state index contributed by atoms with van der Waals surface area (Å²) in [6.45, 7) is 8.59. The molecule has 1 unspecified atom stereocenters. The molecule has 0 N–H and O–H groups in total. The third-order valence-corrected chi connectivity index (χ3v) is 3.07. The molecule has 14 heavy (non-hydrogen) atoms. The van der Waals surface area contributed by atoms with Crippen LogP contribution in [-0.2, 0) is 9.84 Å². The van der Waals surface area contributed by atoms with E-state index in [1.165, 1.54) is 6.07 Å². The Bertz CT molecular complexity index is 471. The highest BCUT2D eigenvalue weighted by Gasteiger charge is 2.12. The van der Waals surface area contributed by atoms with Crippen LogP contribution in [0, 0.1) is 6.57 Å². The van der Waals surface area contributed by atoms with Gasteiger partial charge in [0.1, 0.15) is 0 Å². The van der Waals surface area contributed by atoms with Crippen molar-refractivity contribution < 1.29 is 8.42 Å². The Morgan fingerprint density at radius 1 is 1.43 bits per heavy atom. The maximum atomic E-state index is 11.2. The lowest BCUT2D eigenvalue weighted by Gasteiger charge is -2.02. The van der Waals surface area contributed by atoms with Gasteiger partial charge in [-0.1, -0.05) is 12.1 Å². The lowest BCUT2D eigenvalue weighted by atomic mass is 10.1. The van der Waals surface area contributed by atoms with Crippen molar-refractivity contribution in [2.75, 3.05) is 6.26 Å². The van der Waals surface area contributed by atoms with Gasteiger partial charge in [0.25, 0.3) is 0 Å². The molecule has 3 nitrogen and oxygen atoms in total. The van der Waals surface area contributed by atoms with Crippen LogP contribution >= 0.6 is 0 Å². The largest absolute Gasteiger partial charge is 0.309 e. The molecular formula is C10H11NO2S. The van der Waals surface area contributed by atoms with Crippen molar-refractivity contribution in [3.63, 3.8) is 0 Å². The van der Waals surface area contributed by atoms with E-state index in [4.69, 9.17) is 6.57 Å². The molecule has 4 heteroatoms. The average Bonchev–Trinajstić information content (AvgIpc) is 2.15. The van der Waals surface area contributed by atoms with E-state index in [0.717, 1.165) is 11.8 Å². The van der Waals surface area contributed by atoms with Gasteiger partial charge in [-0.25, -0.2) is 15.0 Å². The standard InChI is InChI=1S/C10H11NO2S/c1-8(11-2)9-5-4-6-10(7-9)14(3,12)13/h4-8H,1,3H3. The van der Waals surface area contributed by atoms with Crippen LogP contribution < -0.4 is 0 Å². The zero-order valence-electron chi connectivity index (χ0n) is 8.06. The molecule has 1 aromatic rings. The molecule has 0 heterocycles. The van der Waals surface area contributed by atoms with Crippen molar-refractivity contribution in [2.45, 2.75) is 17.9 Å². The maximum Gasteiger partial charge on any atom is 0.246 e. The molecule has 0 aromatic heterocycles. The fourth-order valence-electron chi connectivity index (χ4n) is 1.08. The number of rotatable bonds is 2. The van der Waals surface area contributed by atoms with E-state index >= 15 is 0 Å². The van der Waals surface area contributed by atoms with Crippen LogP contribution in [0.15, 0.2) is 29.2 Å². The van der Waals surface area contributed by atoms with Gasteiger partial charge in [-0.15, -0.1) is 0 Å². The second-order valence-electron chi connectivity index (χ2n) is 3.15. The predicted molar refractivity (Wildman–Crippen MR) is 54.6 cm³/mol. The van der Waals surface area contributed by atoms with Crippen LogP contribution in [0.2, 0.25) is 0 Å². The molecule has 0 amide bonds. The van der Waals surface area contributed by atoms with Gasteiger partial charge in [0.05, 0.1) is 4.90 Å². The molecule has 0 aliphatic carbocycles. The topological polar surface area (TPSA) is 38.5 Å². The molecule has 0 saturated heterocycles. The van der Waals surface area contributed by atoms with E-state index in [1.807, 2.05) is 0 Å². The third kappa shape index (κ3) is 2.33. The van der Waals surface area contributed by atoms with Crippen LogP contribution in [0.1, 0.15) is 18.5 Å². The van der Waals surface area contributed by atoms with Gasteiger partial charge < -0.3 is 4.85 Å². The summed E-state index contributed by atoms with van der Waals surface area (Å²) in [5.41, 5.74) is 0.739. The number of hydrogen-bond acceptors (Lipinski definition) is 2. The molecule has 1 atom stereocenters. The summed E-state index contributed by atoms with van der Waals surface area (Å²) in [5.74, 6) is 0. The monoisotopic (exact) mass is 209 g/mol. The molecule has 0 radical (unpaired) electrons. The van der Waals surface area contributed by atoms with Gasteiger partial charge in [-0.3, -0.25) is 0 Å². The predicted octanol–water partition coefficient (Wildman–Crippen LogP) is 2.07. The van der Waals surface area contributed by atoms with Crippen molar-refractivity contribution >= 4 is 9.84 Å². The van der Waals surface area contributed by atoms with E-state index < -0.39 is 9.84 Å². The van der Waals surface area contributed by atoms with Crippen molar-refractivity contribution in [1.29, 1.82) is 0 Å². The highest BCUT2D eigenvalue weighted by molar-refractivity contribution is 7.90. The summed E-state index contributed by atoms with van der Waals surface area (Å²) in [5, 5.41) is 0. The molecule has 1 rings (SSSR count). The molecule has 0 aliphatic heterocycles. The lowest BCUT2D eigenvalue weighted by Crippen LogP contribution is -1.98. The lowest BCUT2D eigenvalue weighted by molar-refractivity contribution is 0.601. The average molecular weight is 209 g/mol.